The Labute approximate surface area is 344 Å². The summed E-state index contributed by atoms with van der Waals surface area (Å²) in [6.07, 6.45) is 3.27. The zero-order valence-corrected chi connectivity index (χ0v) is 34.7. The number of nitrogens with one attached hydrogen (secondary N) is 4. The topological polar surface area (TPSA) is 186 Å². The number of carbonyl (C=O) groups is 4. The van der Waals surface area contributed by atoms with Crippen LogP contribution in [0.5, 0.6) is 0 Å². The van der Waals surface area contributed by atoms with E-state index in [1.165, 1.54) is 7.11 Å². The first-order valence-corrected chi connectivity index (χ1v) is 20.4. The van der Waals surface area contributed by atoms with Crippen LogP contribution in [0.15, 0.2) is 73.1 Å². The van der Waals surface area contributed by atoms with Crippen molar-refractivity contribution in [1.82, 2.24) is 40.4 Å². The number of benzene rings is 3. The maximum Gasteiger partial charge on any atom is 0.407 e. The van der Waals surface area contributed by atoms with Crippen LogP contribution in [-0.4, -0.2) is 91.1 Å². The van der Waals surface area contributed by atoms with Gasteiger partial charge in [0, 0.05) is 18.7 Å². The Hall–Kier alpha value is -6.18. The van der Waals surface area contributed by atoms with E-state index in [1.54, 1.807) is 11.1 Å². The molecule has 2 unspecified atom stereocenters. The molecule has 59 heavy (non-hydrogen) atoms. The Morgan fingerprint density at radius 3 is 1.61 bits per heavy atom. The number of amides is 4. The van der Waals surface area contributed by atoms with Crippen LogP contribution in [0.25, 0.3) is 44.4 Å². The first kappa shape index (κ1) is 41.0. The summed E-state index contributed by atoms with van der Waals surface area (Å²) in [6.45, 7) is 12.8. The van der Waals surface area contributed by atoms with Crippen LogP contribution in [0.4, 0.5) is 9.59 Å². The van der Waals surface area contributed by atoms with Crippen molar-refractivity contribution in [2.45, 2.75) is 78.6 Å². The Balaban J connectivity index is 1.04. The highest BCUT2D eigenvalue weighted by molar-refractivity contribution is 5.91. The molecule has 14 heteroatoms. The highest BCUT2D eigenvalue weighted by atomic mass is 16.5. The molecule has 4 amide bonds. The molecule has 5 N–H and O–H groups in total. The van der Waals surface area contributed by atoms with Gasteiger partial charge in [0.2, 0.25) is 11.8 Å². The fourth-order valence-corrected chi connectivity index (χ4v) is 8.54. The van der Waals surface area contributed by atoms with Crippen LogP contribution in [0, 0.1) is 23.7 Å². The molecule has 2 aromatic heterocycles. The maximum atomic E-state index is 13.7. The minimum atomic E-state index is -1.21. The minimum absolute atomic E-state index is 0.117. The fraction of sp³-hybridized carbons (Fsp3) is 0.422. The van der Waals surface area contributed by atoms with Crippen molar-refractivity contribution in [2.75, 3.05) is 20.2 Å². The number of carboxylic acid groups (broad SMARTS) is 1. The SMILES string of the molecule is COC(=O)N[C@H](C(=O)N1CC(C)CC1c1ncc(-c2ccc3cc(-c4ccc(-c5cnc([C@@H]6C[C@H](C)CN6C(=O)[C@@H](NC(=O)O)C(C)C)[nH]5)cc4)ccc3c2)[nH]1)C(C)C. The van der Waals surface area contributed by atoms with Gasteiger partial charge in [0.25, 0.3) is 0 Å². The van der Waals surface area contributed by atoms with Gasteiger partial charge in [-0.15, -0.1) is 0 Å². The smallest absolute Gasteiger partial charge is 0.407 e. The van der Waals surface area contributed by atoms with Crippen molar-refractivity contribution >= 4 is 34.8 Å². The number of fused-ring (bicyclic) bond motifs is 1. The van der Waals surface area contributed by atoms with Crippen LogP contribution >= 0.6 is 0 Å². The van der Waals surface area contributed by atoms with E-state index < -0.39 is 24.3 Å². The van der Waals surface area contributed by atoms with Gasteiger partial charge in [0.15, 0.2) is 0 Å². The number of imidazole rings is 2. The lowest BCUT2D eigenvalue weighted by atomic mass is 9.98. The quantitative estimate of drug-likeness (QED) is 0.0896. The predicted molar refractivity (Wildman–Crippen MR) is 225 cm³/mol. The lowest BCUT2D eigenvalue weighted by Crippen LogP contribution is -2.51. The molecule has 0 radical (unpaired) electrons. The summed E-state index contributed by atoms with van der Waals surface area (Å²) in [4.78, 5) is 70.7. The van der Waals surface area contributed by atoms with E-state index in [1.807, 2.05) is 38.8 Å². The van der Waals surface area contributed by atoms with Crippen LogP contribution in [0.1, 0.15) is 78.1 Å². The first-order chi connectivity index (χ1) is 28.2. The zero-order valence-electron chi connectivity index (χ0n) is 34.7. The summed E-state index contributed by atoms with van der Waals surface area (Å²) in [6, 6.07) is 19.0. The number of methoxy groups -OCH3 is 1. The van der Waals surface area contributed by atoms with Crippen LogP contribution in [0.2, 0.25) is 0 Å². The number of carbonyl (C=O) groups excluding carboxylic acids is 3. The molecule has 0 bridgehead atoms. The largest absolute Gasteiger partial charge is 0.465 e. The van der Waals surface area contributed by atoms with Crippen molar-refractivity contribution in [3.8, 4) is 33.6 Å². The average Bonchev–Trinajstić information content (AvgIpc) is 4.04. The lowest BCUT2D eigenvalue weighted by molar-refractivity contribution is -0.136. The zero-order chi connectivity index (χ0) is 42.1. The third-order valence-corrected chi connectivity index (χ3v) is 11.7. The molecule has 310 valence electrons. The number of H-pyrrole nitrogens is 2. The van der Waals surface area contributed by atoms with Gasteiger partial charge in [-0.3, -0.25) is 9.59 Å². The van der Waals surface area contributed by atoms with Gasteiger partial charge in [-0.1, -0.05) is 90.1 Å². The molecule has 14 nitrogen and oxygen atoms in total. The van der Waals surface area contributed by atoms with E-state index in [-0.39, 0.29) is 47.6 Å². The molecule has 2 saturated heterocycles. The second-order valence-electron chi connectivity index (χ2n) is 16.9. The number of rotatable bonds is 11. The van der Waals surface area contributed by atoms with E-state index in [0.717, 1.165) is 63.1 Å². The normalized spacial score (nSPS) is 20.3. The number of aromatic amines is 2. The number of alkyl carbamates (subject to hydrolysis) is 1. The molecule has 4 heterocycles. The first-order valence-electron chi connectivity index (χ1n) is 20.4. The molecule has 2 fully saturated rings. The van der Waals surface area contributed by atoms with Crippen LogP contribution in [0.3, 0.4) is 0 Å². The summed E-state index contributed by atoms with van der Waals surface area (Å²) in [7, 11) is 1.29. The van der Waals surface area contributed by atoms with E-state index in [9.17, 15) is 24.3 Å². The lowest BCUT2D eigenvalue weighted by Gasteiger charge is -2.30. The van der Waals surface area contributed by atoms with Crippen molar-refractivity contribution in [3.63, 3.8) is 0 Å². The molecule has 6 atom stereocenters. The Kier molecular flexibility index (Phi) is 11.8. The summed E-state index contributed by atoms with van der Waals surface area (Å²) >= 11 is 0. The number of ether oxygens (including phenoxy) is 1. The highest BCUT2D eigenvalue weighted by Crippen LogP contribution is 2.38. The van der Waals surface area contributed by atoms with Crippen LogP contribution in [-0.2, 0) is 14.3 Å². The second kappa shape index (κ2) is 17.0. The Morgan fingerprint density at radius 1 is 0.678 bits per heavy atom. The number of aromatic nitrogens is 4. The Morgan fingerprint density at radius 2 is 1.12 bits per heavy atom. The summed E-state index contributed by atoms with van der Waals surface area (Å²) in [5, 5.41) is 16.6. The number of hydrogen-bond acceptors (Lipinski definition) is 7. The van der Waals surface area contributed by atoms with E-state index in [4.69, 9.17) is 9.72 Å². The molecular weight excluding hydrogens is 749 g/mol. The summed E-state index contributed by atoms with van der Waals surface area (Å²) < 4.78 is 4.78. The van der Waals surface area contributed by atoms with E-state index in [2.05, 4.69) is 100 Å². The maximum absolute atomic E-state index is 13.7. The van der Waals surface area contributed by atoms with Gasteiger partial charge in [-0.25, -0.2) is 19.6 Å². The van der Waals surface area contributed by atoms with Gasteiger partial charge < -0.3 is 40.2 Å². The van der Waals surface area contributed by atoms with Crippen molar-refractivity contribution in [1.29, 1.82) is 0 Å². The van der Waals surface area contributed by atoms with Gasteiger partial charge in [-0.05, 0) is 76.1 Å². The molecule has 0 aliphatic carbocycles. The van der Waals surface area contributed by atoms with Crippen LogP contribution < -0.4 is 10.6 Å². The average molecular weight is 803 g/mol. The molecule has 2 aliphatic rings. The highest BCUT2D eigenvalue weighted by Gasteiger charge is 2.41. The summed E-state index contributed by atoms with van der Waals surface area (Å²) in [5.41, 5.74) is 5.80. The van der Waals surface area contributed by atoms with Gasteiger partial charge in [0.05, 0.1) is 43.0 Å². The van der Waals surface area contributed by atoms with E-state index >= 15 is 0 Å². The molecule has 0 saturated carbocycles. The molecule has 5 aromatic rings. The van der Waals surface area contributed by atoms with Crippen molar-refractivity contribution in [3.05, 3.63) is 84.7 Å². The second-order valence-corrected chi connectivity index (χ2v) is 16.9. The van der Waals surface area contributed by atoms with Gasteiger partial charge >= 0.3 is 12.2 Å². The van der Waals surface area contributed by atoms with E-state index in [0.29, 0.717) is 18.9 Å². The third kappa shape index (κ3) is 8.67. The third-order valence-electron chi connectivity index (χ3n) is 11.7. The molecule has 7 rings (SSSR count). The fourth-order valence-electron chi connectivity index (χ4n) is 8.54. The monoisotopic (exact) mass is 802 g/mol. The van der Waals surface area contributed by atoms with Crippen molar-refractivity contribution < 1.29 is 29.0 Å². The Bertz CT molecular complexity index is 2330. The molecule has 3 aromatic carbocycles. The van der Waals surface area contributed by atoms with Gasteiger partial charge in [0.1, 0.15) is 23.7 Å². The number of likely N-dealkylation sites (tertiary alicyclic amines) is 2. The summed E-state index contributed by atoms with van der Waals surface area (Å²) in [5.74, 6) is 1.25. The minimum Gasteiger partial charge on any atom is -0.465 e. The van der Waals surface area contributed by atoms with Gasteiger partial charge in [-0.2, -0.15) is 0 Å². The number of hydrogen-bond donors (Lipinski definition) is 5. The molecule has 0 spiro atoms. The molecule has 2 aliphatic heterocycles. The predicted octanol–water partition coefficient (Wildman–Crippen LogP) is 7.78. The number of nitrogens with zero attached hydrogens (tertiary/aromatic N) is 4. The molecular formula is C45H54N8O6. The van der Waals surface area contributed by atoms with Crippen molar-refractivity contribution in [2.24, 2.45) is 23.7 Å². The standard InChI is InChI=1S/C45H54N8O6/c1-24(2)38(50-44(56)57)42(54)52-22-26(5)16-36(52)40-46-20-34(48-40)29-10-8-28(9-11-29)30-12-13-32-19-33(15-14-31(32)18-30)35-21-47-41(49-35)37-17-27(6)23-53(37)43(55)39(25(3)4)51-45(58)59-7/h8-15,18-21,24-27,36-39,50H,16-17,22-23H2,1-7H3,(H,46,48)(H,47,49)(H,51,58)(H,56,57)/t26-,27?,36-,37?,38-,39-/m0/s1.